The zero-order chi connectivity index (χ0) is 14.0. The lowest BCUT2D eigenvalue weighted by Crippen LogP contribution is -2.09. The van der Waals surface area contributed by atoms with E-state index < -0.39 is 0 Å². The predicted molar refractivity (Wildman–Crippen MR) is 76.3 cm³/mol. The SMILES string of the molecule is Cc1ccccc1CC(=O)Cc1c(C)nn(C)c1C. The summed E-state index contributed by atoms with van der Waals surface area (Å²) in [7, 11) is 1.91. The van der Waals surface area contributed by atoms with Crippen molar-refractivity contribution in [3.05, 3.63) is 52.3 Å². The van der Waals surface area contributed by atoms with Gasteiger partial charge in [0.15, 0.2) is 0 Å². The van der Waals surface area contributed by atoms with Crippen LogP contribution in [-0.4, -0.2) is 15.6 Å². The Hall–Kier alpha value is -1.90. The molecule has 0 saturated carbocycles. The quantitative estimate of drug-likeness (QED) is 0.843. The first-order chi connectivity index (χ1) is 8.99. The first-order valence-corrected chi connectivity index (χ1v) is 6.54. The van der Waals surface area contributed by atoms with Gasteiger partial charge in [0.2, 0.25) is 0 Å². The summed E-state index contributed by atoms with van der Waals surface area (Å²) in [5, 5.41) is 4.35. The van der Waals surface area contributed by atoms with Gasteiger partial charge in [-0.15, -0.1) is 0 Å². The summed E-state index contributed by atoms with van der Waals surface area (Å²) in [5.41, 5.74) is 5.40. The third-order valence-electron chi connectivity index (χ3n) is 3.68. The normalized spacial score (nSPS) is 10.7. The molecule has 100 valence electrons. The summed E-state index contributed by atoms with van der Waals surface area (Å²) in [4.78, 5) is 12.2. The van der Waals surface area contributed by atoms with Crippen molar-refractivity contribution < 1.29 is 4.79 Å². The zero-order valence-corrected chi connectivity index (χ0v) is 12.0. The Morgan fingerprint density at radius 1 is 1.16 bits per heavy atom. The lowest BCUT2D eigenvalue weighted by molar-refractivity contribution is -0.117. The van der Waals surface area contributed by atoms with Gasteiger partial charge >= 0.3 is 0 Å². The van der Waals surface area contributed by atoms with Crippen LogP contribution in [0, 0.1) is 20.8 Å². The molecule has 0 unspecified atom stereocenters. The molecule has 0 saturated heterocycles. The summed E-state index contributed by atoms with van der Waals surface area (Å²) >= 11 is 0. The number of nitrogens with zero attached hydrogens (tertiary/aromatic N) is 2. The van der Waals surface area contributed by atoms with Crippen LogP contribution in [0.2, 0.25) is 0 Å². The molecule has 0 fully saturated rings. The molecule has 0 atom stereocenters. The van der Waals surface area contributed by atoms with Crippen molar-refractivity contribution in [2.75, 3.05) is 0 Å². The monoisotopic (exact) mass is 256 g/mol. The number of ketones is 1. The Morgan fingerprint density at radius 2 is 1.84 bits per heavy atom. The molecule has 1 aromatic carbocycles. The Labute approximate surface area is 114 Å². The van der Waals surface area contributed by atoms with Gasteiger partial charge in [0.25, 0.3) is 0 Å². The highest BCUT2D eigenvalue weighted by Crippen LogP contribution is 2.15. The van der Waals surface area contributed by atoms with Gasteiger partial charge < -0.3 is 0 Å². The summed E-state index contributed by atoms with van der Waals surface area (Å²) in [5.74, 6) is 0.244. The van der Waals surface area contributed by atoms with Gasteiger partial charge in [-0.05, 0) is 31.9 Å². The molecule has 19 heavy (non-hydrogen) atoms. The second-order valence-corrected chi connectivity index (χ2v) is 5.09. The summed E-state index contributed by atoms with van der Waals surface area (Å²) in [6.07, 6.45) is 0.973. The Bertz CT molecular complexity index is 611. The average Bonchev–Trinajstić information content (AvgIpc) is 2.59. The number of carbonyl (C=O) groups excluding carboxylic acids is 1. The van der Waals surface area contributed by atoms with Crippen LogP contribution in [0.1, 0.15) is 28.1 Å². The van der Waals surface area contributed by atoms with Crippen LogP contribution >= 0.6 is 0 Å². The number of Topliss-reactive ketones (excluding diaryl/α,β-unsaturated/α-hetero) is 1. The van der Waals surface area contributed by atoms with Crippen molar-refractivity contribution in [1.29, 1.82) is 0 Å². The molecule has 0 aliphatic carbocycles. The largest absolute Gasteiger partial charge is 0.299 e. The molecule has 0 N–H and O–H groups in total. The first kappa shape index (κ1) is 13.5. The first-order valence-electron chi connectivity index (χ1n) is 6.54. The van der Waals surface area contributed by atoms with E-state index in [-0.39, 0.29) is 5.78 Å². The van der Waals surface area contributed by atoms with Crippen molar-refractivity contribution >= 4 is 5.78 Å². The van der Waals surface area contributed by atoms with Gasteiger partial charge in [-0.3, -0.25) is 9.48 Å². The highest BCUT2D eigenvalue weighted by molar-refractivity contribution is 5.83. The Balaban J connectivity index is 2.12. The lowest BCUT2D eigenvalue weighted by atomic mass is 9.99. The molecule has 0 spiro atoms. The maximum Gasteiger partial charge on any atom is 0.141 e. The van der Waals surface area contributed by atoms with Gasteiger partial charge in [0.1, 0.15) is 5.78 Å². The van der Waals surface area contributed by atoms with Crippen molar-refractivity contribution in [2.24, 2.45) is 7.05 Å². The minimum Gasteiger partial charge on any atom is -0.299 e. The highest BCUT2D eigenvalue weighted by atomic mass is 16.1. The molecule has 0 bridgehead atoms. The molecule has 3 heteroatoms. The summed E-state index contributed by atoms with van der Waals surface area (Å²) in [6.45, 7) is 6.02. The molecule has 1 heterocycles. The maximum atomic E-state index is 12.2. The molecule has 1 aromatic heterocycles. The van der Waals surface area contributed by atoms with E-state index in [0.717, 1.165) is 22.5 Å². The smallest absolute Gasteiger partial charge is 0.141 e. The number of aryl methyl sites for hydroxylation is 3. The molecule has 3 nitrogen and oxygen atoms in total. The minimum absolute atomic E-state index is 0.244. The summed E-state index contributed by atoms with van der Waals surface area (Å²) < 4.78 is 1.84. The van der Waals surface area contributed by atoms with Gasteiger partial charge in [-0.25, -0.2) is 0 Å². The third-order valence-corrected chi connectivity index (χ3v) is 3.68. The predicted octanol–water partition coefficient (Wildman–Crippen LogP) is 2.70. The van der Waals surface area contributed by atoms with E-state index >= 15 is 0 Å². The molecular formula is C16H20N2O. The Kier molecular flexibility index (Phi) is 3.84. The van der Waals surface area contributed by atoms with E-state index in [1.165, 1.54) is 5.56 Å². The van der Waals surface area contributed by atoms with Crippen LogP contribution in [0.25, 0.3) is 0 Å². The molecule has 0 aliphatic heterocycles. The standard InChI is InChI=1S/C16H20N2O/c1-11-7-5-6-8-14(11)9-15(19)10-16-12(2)17-18(4)13(16)3/h5-8H,9-10H2,1-4H3. The van der Waals surface area contributed by atoms with Gasteiger partial charge in [-0.1, -0.05) is 24.3 Å². The number of carbonyl (C=O) groups is 1. The van der Waals surface area contributed by atoms with Gasteiger partial charge in [-0.2, -0.15) is 5.10 Å². The van der Waals surface area contributed by atoms with E-state index in [1.54, 1.807) is 0 Å². The van der Waals surface area contributed by atoms with Crippen molar-refractivity contribution in [1.82, 2.24) is 9.78 Å². The fourth-order valence-corrected chi connectivity index (χ4v) is 2.35. The zero-order valence-electron chi connectivity index (χ0n) is 12.0. The second-order valence-electron chi connectivity index (χ2n) is 5.09. The number of hydrogen-bond donors (Lipinski definition) is 0. The van der Waals surface area contributed by atoms with Crippen molar-refractivity contribution in [3.63, 3.8) is 0 Å². The van der Waals surface area contributed by atoms with Gasteiger partial charge in [0.05, 0.1) is 5.69 Å². The molecule has 0 aliphatic rings. The van der Waals surface area contributed by atoms with E-state index in [2.05, 4.69) is 5.10 Å². The maximum absolute atomic E-state index is 12.2. The molecule has 2 rings (SSSR count). The number of rotatable bonds is 4. The topological polar surface area (TPSA) is 34.9 Å². The Morgan fingerprint density at radius 3 is 2.42 bits per heavy atom. The van der Waals surface area contributed by atoms with Crippen LogP contribution in [-0.2, 0) is 24.7 Å². The van der Waals surface area contributed by atoms with E-state index in [0.29, 0.717) is 12.8 Å². The third kappa shape index (κ3) is 2.92. The van der Waals surface area contributed by atoms with E-state index in [4.69, 9.17) is 0 Å². The van der Waals surface area contributed by atoms with Gasteiger partial charge in [0, 0.05) is 31.1 Å². The fourth-order valence-electron chi connectivity index (χ4n) is 2.35. The molecule has 0 radical (unpaired) electrons. The highest BCUT2D eigenvalue weighted by Gasteiger charge is 2.14. The van der Waals surface area contributed by atoms with Crippen LogP contribution in [0.15, 0.2) is 24.3 Å². The van der Waals surface area contributed by atoms with Crippen LogP contribution < -0.4 is 0 Å². The number of hydrogen-bond acceptors (Lipinski definition) is 2. The average molecular weight is 256 g/mol. The molecular weight excluding hydrogens is 236 g/mol. The lowest BCUT2D eigenvalue weighted by Gasteiger charge is -2.05. The van der Waals surface area contributed by atoms with E-state index in [9.17, 15) is 4.79 Å². The minimum atomic E-state index is 0.244. The molecule has 2 aromatic rings. The van der Waals surface area contributed by atoms with Crippen LogP contribution in [0.4, 0.5) is 0 Å². The van der Waals surface area contributed by atoms with Crippen molar-refractivity contribution in [2.45, 2.75) is 33.6 Å². The van der Waals surface area contributed by atoms with Crippen molar-refractivity contribution in [3.8, 4) is 0 Å². The van der Waals surface area contributed by atoms with Crippen LogP contribution in [0.3, 0.4) is 0 Å². The second kappa shape index (κ2) is 5.39. The number of benzene rings is 1. The fraction of sp³-hybridized carbons (Fsp3) is 0.375. The van der Waals surface area contributed by atoms with Crippen LogP contribution in [0.5, 0.6) is 0 Å². The number of aromatic nitrogens is 2. The van der Waals surface area contributed by atoms with E-state index in [1.807, 2.05) is 56.8 Å². The molecule has 0 amide bonds. The summed E-state index contributed by atoms with van der Waals surface area (Å²) in [6, 6.07) is 8.05.